The fourth-order valence-corrected chi connectivity index (χ4v) is 3.32. The maximum atomic E-state index is 12.4. The molecule has 0 aliphatic carbocycles. The molecule has 0 atom stereocenters. The molecule has 2 aromatic carbocycles. The first-order valence-electron chi connectivity index (χ1n) is 8.31. The summed E-state index contributed by atoms with van der Waals surface area (Å²) in [6.45, 7) is 2.13. The molecule has 6 heteroatoms. The van der Waals surface area contributed by atoms with Crippen LogP contribution in [0.5, 0.6) is 0 Å². The Hall–Kier alpha value is -3.12. The van der Waals surface area contributed by atoms with E-state index in [2.05, 4.69) is 39.3 Å². The second kappa shape index (κ2) is 7.01. The highest BCUT2D eigenvalue weighted by Gasteiger charge is 2.12. The first kappa shape index (κ1) is 16.4. The molecule has 26 heavy (non-hydrogen) atoms. The number of benzene rings is 2. The number of rotatable bonds is 4. The van der Waals surface area contributed by atoms with E-state index in [-0.39, 0.29) is 11.6 Å². The summed E-state index contributed by atoms with van der Waals surface area (Å²) in [5.41, 5.74) is 4.88. The van der Waals surface area contributed by atoms with Crippen LogP contribution in [-0.4, -0.2) is 20.9 Å². The fraction of sp³-hybridized carbons (Fsp3) is 0.100. The number of aromatic nitrogens is 3. The van der Waals surface area contributed by atoms with E-state index in [0.29, 0.717) is 10.6 Å². The highest BCUT2D eigenvalue weighted by molar-refractivity contribution is 7.14. The Kier molecular flexibility index (Phi) is 4.41. The molecule has 4 aromatic rings. The second-order valence-corrected chi connectivity index (χ2v) is 6.64. The molecule has 1 N–H and O–H groups in total. The number of hydrogen-bond acceptors (Lipinski definition) is 5. The zero-order valence-corrected chi connectivity index (χ0v) is 15.0. The lowest BCUT2D eigenvalue weighted by atomic mass is 10.1. The molecule has 1 amide bonds. The average molecular weight is 360 g/mol. The Morgan fingerprint density at radius 3 is 2.58 bits per heavy atom. The van der Waals surface area contributed by atoms with Crippen molar-refractivity contribution in [2.24, 2.45) is 0 Å². The van der Waals surface area contributed by atoms with Gasteiger partial charge in [0.05, 0.1) is 22.9 Å². The van der Waals surface area contributed by atoms with Crippen LogP contribution in [0, 0.1) is 0 Å². The van der Waals surface area contributed by atoms with E-state index in [0.717, 1.165) is 23.2 Å². The van der Waals surface area contributed by atoms with Crippen LogP contribution in [0.15, 0.2) is 60.1 Å². The molecule has 0 aliphatic rings. The SMILES string of the molecule is CCc1ccc(-c2csc(NC(=O)c3cnc4ccccc4n3)n2)cc1. The number of amides is 1. The molecule has 2 aromatic heterocycles. The maximum absolute atomic E-state index is 12.4. The van der Waals surface area contributed by atoms with E-state index < -0.39 is 0 Å². The quantitative estimate of drug-likeness (QED) is 0.579. The van der Waals surface area contributed by atoms with Crippen molar-refractivity contribution in [1.82, 2.24) is 15.0 Å². The molecule has 0 spiro atoms. The van der Waals surface area contributed by atoms with E-state index in [4.69, 9.17) is 0 Å². The number of nitrogens with zero attached hydrogens (tertiary/aromatic N) is 3. The van der Waals surface area contributed by atoms with E-state index >= 15 is 0 Å². The number of anilines is 1. The summed E-state index contributed by atoms with van der Waals surface area (Å²) in [6, 6.07) is 15.7. The number of carbonyl (C=O) groups excluding carboxylic acids is 1. The third-order valence-corrected chi connectivity index (χ3v) is 4.82. The van der Waals surface area contributed by atoms with Crippen molar-refractivity contribution >= 4 is 33.4 Å². The van der Waals surface area contributed by atoms with Gasteiger partial charge in [-0.2, -0.15) is 0 Å². The summed E-state index contributed by atoms with van der Waals surface area (Å²) in [5.74, 6) is -0.314. The van der Waals surface area contributed by atoms with Crippen molar-refractivity contribution in [3.8, 4) is 11.3 Å². The normalized spacial score (nSPS) is 10.8. The summed E-state index contributed by atoms with van der Waals surface area (Å²) >= 11 is 1.39. The molecule has 2 heterocycles. The van der Waals surface area contributed by atoms with Gasteiger partial charge in [0.25, 0.3) is 5.91 Å². The second-order valence-electron chi connectivity index (χ2n) is 5.79. The van der Waals surface area contributed by atoms with E-state index in [1.807, 2.05) is 41.8 Å². The smallest absolute Gasteiger partial charge is 0.277 e. The van der Waals surface area contributed by atoms with Crippen LogP contribution in [0.1, 0.15) is 23.0 Å². The lowest BCUT2D eigenvalue weighted by molar-refractivity contribution is 0.102. The minimum atomic E-state index is -0.314. The summed E-state index contributed by atoms with van der Waals surface area (Å²) in [5, 5.41) is 5.28. The highest BCUT2D eigenvalue weighted by Crippen LogP contribution is 2.25. The monoisotopic (exact) mass is 360 g/mol. The van der Waals surface area contributed by atoms with E-state index in [9.17, 15) is 4.79 Å². The molecule has 0 fully saturated rings. The van der Waals surface area contributed by atoms with Gasteiger partial charge in [0.15, 0.2) is 5.13 Å². The molecule has 0 saturated carbocycles. The molecule has 4 rings (SSSR count). The molecule has 0 unspecified atom stereocenters. The number of hydrogen-bond donors (Lipinski definition) is 1. The number of carbonyl (C=O) groups is 1. The van der Waals surface area contributed by atoms with Gasteiger partial charge in [-0.05, 0) is 24.1 Å². The van der Waals surface area contributed by atoms with Crippen LogP contribution in [0.25, 0.3) is 22.3 Å². The van der Waals surface area contributed by atoms with Crippen LogP contribution in [0.2, 0.25) is 0 Å². The summed E-state index contributed by atoms with van der Waals surface area (Å²) in [4.78, 5) is 25.6. The van der Waals surface area contributed by atoms with E-state index in [1.54, 1.807) is 0 Å². The molecule has 0 radical (unpaired) electrons. The molecular weight excluding hydrogens is 344 g/mol. The number of para-hydroxylation sites is 2. The molecule has 0 aliphatic heterocycles. The van der Waals surface area contributed by atoms with Gasteiger partial charge in [0.1, 0.15) is 5.69 Å². The number of fused-ring (bicyclic) bond motifs is 1. The third kappa shape index (κ3) is 3.32. The first-order valence-corrected chi connectivity index (χ1v) is 9.19. The summed E-state index contributed by atoms with van der Waals surface area (Å²) < 4.78 is 0. The molecule has 5 nitrogen and oxygen atoms in total. The minimum absolute atomic E-state index is 0.271. The largest absolute Gasteiger partial charge is 0.296 e. The van der Waals surface area contributed by atoms with Gasteiger partial charge < -0.3 is 0 Å². The van der Waals surface area contributed by atoms with Crippen molar-refractivity contribution in [3.63, 3.8) is 0 Å². The Morgan fingerprint density at radius 1 is 1.04 bits per heavy atom. The Morgan fingerprint density at radius 2 is 1.81 bits per heavy atom. The Labute approximate surface area is 154 Å². The third-order valence-electron chi connectivity index (χ3n) is 4.06. The van der Waals surface area contributed by atoms with Gasteiger partial charge in [0, 0.05) is 10.9 Å². The number of thiazole rings is 1. The van der Waals surface area contributed by atoms with Crippen molar-refractivity contribution in [1.29, 1.82) is 0 Å². The van der Waals surface area contributed by atoms with Crippen molar-refractivity contribution < 1.29 is 4.79 Å². The molecule has 128 valence electrons. The number of aryl methyl sites for hydroxylation is 1. The predicted molar refractivity (Wildman–Crippen MR) is 104 cm³/mol. The van der Waals surface area contributed by atoms with Crippen LogP contribution in [-0.2, 0) is 6.42 Å². The summed E-state index contributed by atoms with van der Waals surface area (Å²) in [6.07, 6.45) is 2.49. The zero-order chi connectivity index (χ0) is 17.9. The van der Waals surface area contributed by atoms with Crippen LogP contribution in [0.3, 0.4) is 0 Å². The van der Waals surface area contributed by atoms with Crippen molar-refractivity contribution in [2.45, 2.75) is 13.3 Å². The van der Waals surface area contributed by atoms with Gasteiger partial charge in [-0.3, -0.25) is 15.1 Å². The number of nitrogens with one attached hydrogen (secondary N) is 1. The van der Waals surface area contributed by atoms with Crippen LogP contribution < -0.4 is 5.32 Å². The standard InChI is InChI=1S/C20H16N4OS/c1-2-13-7-9-14(10-8-13)18-12-26-20(23-18)24-19(25)17-11-21-15-5-3-4-6-16(15)22-17/h3-12H,2H2,1H3,(H,23,24,25). The average Bonchev–Trinajstić information content (AvgIpc) is 3.16. The van der Waals surface area contributed by atoms with Gasteiger partial charge in [-0.15, -0.1) is 11.3 Å². The Balaban J connectivity index is 1.53. The van der Waals surface area contributed by atoms with Gasteiger partial charge in [-0.1, -0.05) is 43.3 Å². The zero-order valence-electron chi connectivity index (χ0n) is 14.1. The van der Waals surface area contributed by atoms with Crippen LogP contribution >= 0.6 is 11.3 Å². The molecule has 0 bridgehead atoms. The van der Waals surface area contributed by atoms with E-state index in [1.165, 1.54) is 23.1 Å². The maximum Gasteiger partial charge on any atom is 0.277 e. The van der Waals surface area contributed by atoms with Gasteiger partial charge in [0.2, 0.25) is 0 Å². The van der Waals surface area contributed by atoms with Gasteiger partial charge >= 0.3 is 0 Å². The minimum Gasteiger partial charge on any atom is -0.296 e. The summed E-state index contributed by atoms with van der Waals surface area (Å²) in [7, 11) is 0. The highest BCUT2D eigenvalue weighted by atomic mass is 32.1. The molecular formula is C20H16N4OS. The van der Waals surface area contributed by atoms with Crippen molar-refractivity contribution in [2.75, 3.05) is 5.32 Å². The Bertz CT molecular complexity index is 1070. The van der Waals surface area contributed by atoms with Gasteiger partial charge in [-0.25, -0.2) is 9.97 Å². The predicted octanol–water partition coefficient (Wildman–Crippen LogP) is 4.57. The lowest BCUT2D eigenvalue weighted by Gasteiger charge is -2.02. The topological polar surface area (TPSA) is 67.8 Å². The fourth-order valence-electron chi connectivity index (χ4n) is 2.60. The molecule has 0 saturated heterocycles. The lowest BCUT2D eigenvalue weighted by Crippen LogP contribution is -2.14. The van der Waals surface area contributed by atoms with Crippen molar-refractivity contribution in [3.05, 3.63) is 71.4 Å². The van der Waals surface area contributed by atoms with Crippen LogP contribution in [0.4, 0.5) is 5.13 Å². The first-order chi connectivity index (χ1) is 12.7.